The molecule has 4 nitrogen and oxygen atoms in total. The van der Waals surface area contributed by atoms with Crippen LogP contribution in [0.15, 0.2) is 48.5 Å². The van der Waals surface area contributed by atoms with E-state index >= 15 is 0 Å². The van der Waals surface area contributed by atoms with Crippen molar-refractivity contribution < 1.29 is 14.0 Å². The topological polar surface area (TPSA) is 49.4 Å². The Bertz CT molecular complexity index is 749. The third-order valence-electron chi connectivity index (χ3n) is 3.98. The number of nitrogens with zero attached hydrogens (tertiary/aromatic N) is 1. The number of hydrogen-bond acceptors (Lipinski definition) is 2. The van der Waals surface area contributed by atoms with E-state index in [4.69, 9.17) is 11.6 Å². The SMILES string of the molecule is CNC(=O)C(C)N(Cc1ccccc1Cl)C(=O)Cc1ccc(F)cc1. The van der Waals surface area contributed by atoms with Gasteiger partial charge in [0, 0.05) is 18.6 Å². The summed E-state index contributed by atoms with van der Waals surface area (Å²) in [5.41, 5.74) is 1.44. The molecule has 25 heavy (non-hydrogen) atoms. The van der Waals surface area contributed by atoms with Crippen molar-refractivity contribution in [1.29, 1.82) is 0 Å². The van der Waals surface area contributed by atoms with E-state index in [1.165, 1.54) is 24.1 Å². The number of halogens is 2. The van der Waals surface area contributed by atoms with Gasteiger partial charge in [0.2, 0.25) is 11.8 Å². The van der Waals surface area contributed by atoms with Gasteiger partial charge in [-0.2, -0.15) is 0 Å². The summed E-state index contributed by atoms with van der Waals surface area (Å²) >= 11 is 6.19. The summed E-state index contributed by atoms with van der Waals surface area (Å²) in [6, 6.07) is 12.3. The highest BCUT2D eigenvalue weighted by atomic mass is 35.5. The molecule has 1 atom stereocenters. The minimum Gasteiger partial charge on any atom is -0.357 e. The standard InChI is InChI=1S/C19H20ClFN2O2/c1-13(19(25)22-2)23(12-15-5-3-4-6-17(15)20)18(24)11-14-7-9-16(21)10-8-14/h3-10,13H,11-12H2,1-2H3,(H,22,25). The molecule has 0 saturated carbocycles. The van der Waals surface area contributed by atoms with Crippen LogP contribution in [0, 0.1) is 5.82 Å². The lowest BCUT2D eigenvalue weighted by Gasteiger charge is -2.28. The first-order chi connectivity index (χ1) is 11.9. The fraction of sp³-hybridized carbons (Fsp3) is 0.263. The highest BCUT2D eigenvalue weighted by Crippen LogP contribution is 2.19. The second-order valence-electron chi connectivity index (χ2n) is 5.71. The number of carbonyl (C=O) groups excluding carboxylic acids is 2. The molecule has 0 aromatic heterocycles. The zero-order valence-electron chi connectivity index (χ0n) is 14.1. The summed E-state index contributed by atoms with van der Waals surface area (Å²) in [7, 11) is 1.52. The second-order valence-corrected chi connectivity index (χ2v) is 6.11. The maximum atomic E-state index is 13.0. The summed E-state index contributed by atoms with van der Waals surface area (Å²) in [6.07, 6.45) is 0.0755. The zero-order valence-corrected chi connectivity index (χ0v) is 14.9. The predicted octanol–water partition coefficient (Wildman–Crippen LogP) is 3.18. The van der Waals surface area contributed by atoms with Gasteiger partial charge in [-0.25, -0.2) is 4.39 Å². The normalized spacial score (nSPS) is 11.7. The van der Waals surface area contributed by atoms with Crippen LogP contribution in [0.5, 0.6) is 0 Å². The summed E-state index contributed by atoms with van der Waals surface area (Å²) in [5.74, 6) is -0.856. The Kier molecular flexibility index (Phi) is 6.53. The summed E-state index contributed by atoms with van der Waals surface area (Å²) in [4.78, 5) is 26.3. The summed E-state index contributed by atoms with van der Waals surface area (Å²) in [5, 5.41) is 3.09. The number of rotatable bonds is 6. The Balaban J connectivity index is 2.23. The molecule has 1 N–H and O–H groups in total. The van der Waals surface area contributed by atoms with Crippen LogP contribution >= 0.6 is 11.6 Å². The number of nitrogens with one attached hydrogen (secondary N) is 1. The van der Waals surface area contributed by atoms with Crippen molar-refractivity contribution in [1.82, 2.24) is 10.2 Å². The maximum Gasteiger partial charge on any atom is 0.242 e. The molecule has 0 bridgehead atoms. The largest absolute Gasteiger partial charge is 0.357 e. The zero-order chi connectivity index (χ0) is 18.4. The van der Waals surface area contributed by atoms with Crippen molar-refractivity contribution in [3.63, 3.8) is 0 Å². The van der Waals surface area contributed by atoms with Crippen molar-refractivity contribution >= 4 is 23.4 Å². The van der Waals surface area contributed by atoms with E-state index in [2.05, 4.69) is 5.32 Å². The fourth-order valence-corrected chi connectivity index (χ4v) is 2.68. The van der Waals surface area contributed by atoms with Crippen LogP contribution in [-0.2, 0) is 22.6 Å². The molecule has 0 aliphatic carbocycles. The van der Waals surface area contributed by atoms with Crippen LogP contribution in [-0.4, -0.2) is 29.8 Å². The van der Waals surface area contributed by atoms with Gasteiger partial charge in [0.25, 0.3) is 0 Å². The lowest BCUT2D eigenvalue weighted by Crippen LogP contribution is -2.47. The fourth-order valence-electron chi connectivity index (χ4n) is 2.48. The van der Waals surface area contributed by atoms with Crippen LogP contribution in [0.25, 0.3) is 0 Å². The first kappa shape index (κ1) is 18.9. The second kappa shape index (κ2) is 8.62. The molecule has 0 heterocycles. The van der Waals surface area contributed by atoms with Crippen LogP contribution in [0.3, 0.4) is 0 Å². The molecule has 6 heteroatoms. The van der Waals surface area contributed by atoms with Gasteiger partial charge >= 0.3 is 0 Å². The Morgan fingerprint density at radius 2 is 1.80 bits per heavy atom. The average molecular weight is 363 g/mol. The molecule has 0 aliphatic rings. The smallest absolute Gasteiger partial charge is 0.242 e. The summed E-state index contributed by atoms with van der Waals surface area (Å²) in [6.45, 7) is 1.88. The number of amides is 2. The van der Waals surface area contributed by atoms with Crippen molar-refractivity contribution in [2.45, 2.75) is 25.9 Å². The van der Waals surface area contributed by atoms with E-state index in [0.29, 0.717) is 10.6 Å². The van der Waals surface area contributed by atoms with E-state index in [-0.39, 0.29) is 30.6 Å². The van der Waals surface area contributed by atoms with Crippen molar-refractivity contribution in [2.75, 3.05) is 7.05 Å². The number of likely N-dealkylation sites (N-methyl/N-ethyl adjacent to an activating group) is 1. The van der Waals surface area contributed by atoms with Crippen LogP contribution < -0.4 is 5.32 Å². The predicted molar refractivity (Wildman–Crippen MR) is 95.6 cm³/mol. The molecule has 0 spiro atoms. The van der Waals surface area contributed by atoms with Gasteiger partial charge in [-0.3, -0.25) is 9.59 Å². The third kappa shape index (κ3) is 5.03. The van der Waals surface area contributed by atoms with Gasteiger partial charge < -0.3 is 10.2 Å². The highest BCUT2D eigenvalue weighted by molar-refractivity contribution is 6.31. The molecule has 0 saturated heterocycles. The Hall–Kier alpha value is -2.40. The lowest BCUT2D eigenvalue weighted by atomic mass is 10.1. The monoisotopic (exact) mass is 362 g/mol. The van der Waals surface area contributed by atoms with E-state index in [9.17, 15) is 14.0 Å². The van der Waals surface area contributed by atoms with Crippen molar-refractivity contribution in [3.8, 4) is 0 Å². The molecule has 1 unspecified atom stereocenters. The van der Waals surface area contributed by atoms with Gasteiger partial charge in [-0.1, -0.05) is 41.9 Å². The van der Waals surface area contributed by atoms with Gasteiger partial charge in [0.05, 0.1) is 6.42 Å². The van der Waals surface area contributed by atoms with Crippen molar-refractivity contribution in [2.24, 2.45) is 0 Å². The first-order valence-corrected chi connectivity index (χ1v) is 8.29. The minimum absolute atomic E-state index is 0.0755. The van der Waals surface area contributed by atoms with Crippen LogP contribution in [0.1, 0.15) is 18.1 Å². The maximum absolute atomic E-state index is 13.0. The average Bonchev–Trinajstić information content (AvgIpc) is 2.61. The Morgan fingerprint density at radius 3 is 2.40 bits per heavy atom. The molecule has 2 aromatic carbocycles. The van der Waals surface area contributed by atoms with Crippen molar-refractivity contribution in [3.05, 3.63) is 70.5 Å². The minimum atomic E-state index is -0.658. The Labute approximate surface area is 151 Å². The molecule has 2 rings (SSSR count). The number of carbonyl (C=O) groups is 2. The molecule has 0 aliphatic heterocycles. The molecule has 132 valence electrons. The first-order valence-electron chi connectivity index (χ1n) is 7.91. The number of benzene rings is 2. The highest BCUT2D eigenvalue weighted by Gasteiger charge is 2.26. The lowest BCUT2D eigenvalue weighted by molar-refractivity contribution is -0.139. The quantitative estimate of drug-likeness (QED) is 0.858. The molecular formula is C19H20ClFN2O2. The number of hydrogen-bond donors (Lipinski definition) is 1. The van der Waals surface area contributed by atoms with Gasteiger partial charge in [0.1, 0.15) is 11.9 Å². The van der Waals surface area contributed by atoms with E-state index in [1.807, 2.05) is 12.1 Å². The Morgan fingerprint density at radius 1 is 1.16 bits per heavy atom. The third-order valence-corrected chi connectivity index (χ3v) is 4.35. The molecule has 0 radical (unpaired) electrons. The van der Waals surface area contributed by atoms with Gasteiger partial charge in [0.15, 0.2) is 0 Å². The van der Waals surface area contributed by atoms with Crippen LogP contribution in [0.2, 0.25) is 5.02 Å². The molecular weight excluding hydrogens is 343 g/mol. The van der Waals surface area contributed by atoms with E-state index in [0.717, 1.165) is 5.56 Å². The molecule has 2 aromatic rings. The van der Waals surface area contributed by atoms with Gasteiger partial charge in [-0.05, 0) is 36.2 Å². The van der Waals surface area contributed by atoms with E-state index in [1.54, 1.807) is 31.2 Å². The van der Waals surface area contributed by atoms with Crippen LogP contribution in [0.4, 0.5) is 4.39 Å². The van der Waals surface area contributed by atoms with E-state index < -0.39 is 6.04 Å². The molecule has 0 fully saturated rings. The summed E-state index contributed by atoms with van der Waals surface area (Å²) < 4.78 is 13.0. The molecule has 2 amide bonds. The van der Waals surface area contributed by atoms with Gasteiger partial charge in [-0.15, -0.1) is 0 Å².